The van der Waals surface area contributed by atoms with Gasteiger partial charge in [0.15, 0.2) is 11.5 Å². The highest BCUT2D eigenvalue weighted by atomic mass is 19.4. The van der Waals surface area contributed by atoms with Crippen LogP contribution >= 0.6 is 0 Å². The second-order valence-electron chi connectivity index (χ2n) is 7.81. The van der Waals surface area contributed by atoms with Crippen molar-refractivity contribution in [2.24, 2.45) is 0 Å². The van der Waals surface area contributed by atoms with Crippen LogP contribution < -0.4 is 14.4 Å². The van der Waals surface area contributed by atoms with E-state index in [0.717, 1.165) is 25.0 Å². The monoisotopic (exact) mass is 481 g/mol. The molecule has 8 nitrogen and oxygen atoms in total. The smallest absolute Gasteiger partial charge is 0.416 e. The third kappa shape index (κ3) is 5.70. The number of hydrogen-bond acceptors (Lipinski definition) is 6. The fourth-order valence-corrected chi connectivity index (χ4v) is 3.69. The third-order valence-electron chi connectivity index (χ3n) is 5.57. The molecule has 1 aliphatic heterocycles. The van der Waals surface area contributed by atoms with Gasteiger partial charge in [-0.15, -0.1) is 0 Å². The first-order valence-corrected chi connectivity index (χ1v) is 10.9. The first-order chi connectivity index (χ1) is 16.2. The quantitative estimate of drug-likeness (QED) is 0.307. The molecule has 1 aliphatic rings. The Morgan fingerprint density at radius 3 is 2.38 bits per heavy atom. The molecule has 0 aliphatic carbocycles. The van der Waals surface area contributed by atoms with E-state index in [9.17, 15) is 28.1 Å². The number of halogens is 3. The molecule has 0 atom stereocenters. The molecule has 1 saturated heterocycles. The minimum atomic E-state index is -4.67. The van der Waals surface area contributed by atoms with Gasteiger partial charge in [-0.05, 0) is 36.8 Å². The summed E-state index contributed by atoms with van der Waals surface area (Å²) in [5, 5.41) is 11.4. The Bertz CT molecular complexity index is 1040. The Hall–Kier alpha value is -3.50. The lowest BCUT2D eigenvalue weighted by atomic mass is 10.1. The molecule has 34 heavy (non-hydrogen) atoms. The van der Waals surface area contributed by atoms with Crippen LogP contribution in [-0.2, 0) is 6.18 Å². The van der Waals surface area contributed by atoms with Crippen LogP contribution in [0, 0.1) is 10.1 Å². The molecule has 0 spiro atoms. The predicted molar refractivity (Wildman–Crippen MR) is 120 cm³/mol. The molecule has 0 aromatic heterocycles. The largest absolute Gasteiger partial charge is 0.493 e. The van der Waals surface area contributed by atoms with Crippen molar-refractivity contribution >= 4 is 17.3 Å². The standard InChI is InChI=1S/C23H26F3N3O5/c1-3-4-13-34-20-8-5-16(14-21(20)33-2)22(30)28-11-9-27(10-12-28)18-7-6-17(23(24,25)26)15-19(18)29(31)32/h5-8,14-15H,3-4,9-13H2,1-2H3. The third-order valence-corrected chi connectivity index (χ3v) is 5.57. The molecule has 3 rings (SSSR count). The van der Waals surface area contributed by atoms with Gasteiger partial charge in [-0.1, -0.05) is 13.3 Å². The van der Waals surface area contributed by atoms with Crippen LogP contribution in [0.3, 0.4) is 0 Å². The lowest BCUT2D eigenvalue weighted by molar-refractivity contribution is -0.384. The second-order valence-corrected chi connectivity index (χ2v) is 7.81. The minimum Gasteiger partial charge on any atom is -0.493 e. The van der Waals surface area contributed by atoms with E-state index in [1.54, 1.807) is 28.0 Å². The Morgan fingerprint density at radius 2 is 1.79 bits per heavy atom. The summed E-state index contributed by atoms with van der Waals surface area (Å²) in [6, 6.07) is 7.43. The Balaban J connectivity index is 1.70. The molecule has 11 heteroatoms. The number of methoxy groups -OCH3 is 1. The van der Waals surface area contributed by atoms with E-state index in [2.05, 4.69) is 6.92 Å². The van der Waals surface area contributed by atoms with E-state index < -0.39 is 22.4 Å². The number of nitrogens with zero attached hydrogens (tertiary/aromatic N) is 3. The van der Waals surface area contributed by atoms with Crippen LogP contribution in [0.15, 0.2) is 36.4 Å². The number of anilines is 1. The van der Waals surface area contributed by atoms with Gasteiger partial charge in [-0.25, -0.2) is 0 Å². The SMILES string of the molecule is CCCCOc1ccc(C(=O)N2CCN(c3ccc(C(F)(F)F)cc3[N+](=O)[O-])CC2)cc1OC. The van der Waals surface area contributed by atoms with Gasteiger partial charge in [-0.3, -0.25) is 14.9 Å². The molecule has 0 N–H and O–H groups in total. The highest BCUT2D eigenvalue weighted by molar-refractivity contribution is 5.95. The number of benzene rings is 2. The van der Waals surface area contributed by atoms with Crippen molar-refractivity contribution in [3.8, 4) is 11.5 Å². The van der Waals surface area contributed by atoms with Gasteiger partial charge in [-0.2, -0.15) is 13.2 Å². The number of ether oxygens (including phenoxy) is 2. The zero-order valence-corrected chi connectivity index (χ0v) is 18.9. The Morgan fingerprint density at radius 1 is 1.09 bits per heavy atom. The molecule has 1 fully saturated rings. The van der Waals surface area contributed by atoms with Gasteiger partial charge in [0.2, 0.25) is 0 Å². The molecule has 0 radical (unpaired) electrons. The topological polar surface area (TPSA) is 85.2 Å². The predicted octanol–water partition coefficient (Wildman–Crippen LogP) is 4.76. The maximum absolute atomic E-state index is 13.0. The van der Waals surface area contributed by atoms with E-state index in [0.29, 0.717) is 29.7 Å². The molecule has 2 aromatic carbocycles. The van der Waals surface area contributed by atoms with Gasteiger partial charge >= 0.3 is 6.18 Å². The number of alkyl halides is 3. The van der Waals surface area contributed by atoms with Gasteiger partial charge < -0.3 is 19.3 Å². The summed E-state index contributed by atoms with van der Waals surface area (Å²) < 4.78 is 49.9. The molecular formula is C23H26F3N3O5. The summed E-state index contributed by atoms with van der Waals surface area (Å²) in [7, 11) is 1.49. The van der Waals surface area contributed by atoms with Crippen molar-refractivity contribution in [1.29, 1.82) is 0 Å². The van der Waals surface area contributed by atoms with Gasteiger partial charge in [0.25, 0.3) is 11.6 Å². The average Bonchev–Trinajstić information content (AvgIpc) is 2.83. The van der Waals surface area contributed by atoms with E-state index in [1.165, 1.54) is 7.11 Å². The van der Waals surface area contributed by atoms with Crippen LogP contribution in [0.4, 0.5) is 24.5 Å². The summed E-state index contributed by atoms with van der Waals surface area (Å²) in [5.41, 5.74) is -1.18. The number of hydrogen-bond donors (Lipinski definition) is 0. The summed E-state index contributed by atoms with van der Waals surface area (Å²) in [5.74, 6) is 0.757. The summed E-state index contributed by atoms with van der Waals surface area (Å²) in [6.45, 7) is 3.60. The lowest BCUT2D eigenvalue weighted by Crippen LogP contribution is -2.49. The summed E-state index contributed by atoms with van der Waals surface area (Å²) in [4.78, 5) is 26.8. The molecule has 1 amide bonds. The first-order valence-electron chi connectivity index (χ1n) is 10.9. The van der Waals surface area contributed by atoms with Crippen molar-refractivity contribution in [1.82, 2.24) is 4.90 Å². The molecular weight excluding hydrogens is 455 g/mol. The number of piperazine rings is 1. The number of nitro benzene ring substituents is 1. The van der Waals surface area contributed by atoms with Crippen LogP contribution in [0.5, 0.6) is 11.5 Å². The van der Waals surface area contributed by atoms with Gasteiger partial charge in [0, 0.05) is 37.8 Å². The van der Waals surface area contributed by atoms with E-state index in [-0.39, 0.29) is 37.8 Å². The van der Waals surface area contributed by atoms with Crippen molar-refractivity contribution in [3.05, 3.63) is 57.6 Å². The molecule has 2 aromatic rings. The molecule has 0 saturated carbocycles. The lowest BCUT2D eigenvalue weighted by Gasteiger charge is -2.36. The first kappa shape index (κ1) is 25.1. The van der Waals surface area contributed by atoms with E-state index in [4.69, 9.17) is 9.47 Å². The maximum Gasteiger partial charge on any atom is 0.416 e. The molecule has 184 valence electrons. The fourth-order valence-electron chi connectivity index (χ4n) is 3.69. The number of carbonyl (C=O) groups is 1. The average molecular weight is 481 g/mol. The van der Waals surface area contributed by atoms with E-state index in [1.807, 2.05) is 0 Å². The Labute approximate surface area is 195 Å². The van der Waals surface area contributed by atoms with Crippen LogP contribution in [0.2, 0.25) is 0 Å². The highest BCUT2D eigenvalue weighted by Gasteiger charge is 2.34. The van der Waals surface area contributed by atoms with Gasteiger partial charge in [0.05, 0.1) is 24.2 Å². The number of amides is 1. The van der Waals surface area contributed by atoms with Crippen LogP contribution in [-0.4, -0.2) is 55.6 Å². The zero-order chi connectivity index (χ0) is 24.9. The van der Waals surface area contributed by atoms with Crippen LogP contribution in [0.1, 0.15) is 35.7 Å². The van der Waals surface area contributed by atoms with E-state index >= 15 is 0 Å². The van der Waals surface area contributed by atoms with Crippen LogP contribution in [0.25, 0.3) is 0 Å². The van der Waals surface area contributed by atoms with Gasteiger partial charge in [0.1, 0.15) is 5.69 Å². The summed E-state index contributed by atoms with van der Waals surface area (Å²) in [6.07, 6.45) is -2.79. The zero-order valence-electron chi connectivity index (χ0n) is 18.9. The van der Waals surface area contributed by atoms with Crippen molar-refractivity contribution in [2.45, 2.75) is 25.9 Å². The fraction of sp³-hybridized carbons (Fsp3) is 0.435. The number of rotatable bonds is 8. The number of carbonyl (C=O) groups excluding carboxylic acids is 1. The maximum atomic E-state index is 13.0. The minimum absolute atomic E-state index is 0.0975. The van der Waals surface area contributed by atoms with Crippen molar-refractivity contribution in [3.63, 3.8) is 0 Å². The molecule has 1 heterocycles. The molecule has 0 bridgehead atoms. The number of unbranched alkanes of at least 4 members (excludes halogenated alkanes) is 1. The highest BCUT2D eigenvalue weighted by Crippen LogP contribution is 2.37. The second kappa shape index (κ2) is 10.6. The van der Waals surface area contributed by atoms with Crippen molar-refractivity contribution < 1.29 is 32.4 Å². The normalized spacial score (nSPS) is 14.1. The molecule has 0 unspecified atom stereocenters. The number of nitro groups is 1. The van der Waals surface area contributed by atoms with Crippen molar-refractivity contribution in [2.75, 3.05) is 44.8 Å². The Kier molecular flexibility index (Phi) is 7.85. The summed E-state index contributed by atoms with van der Waals surface area (Å²) >= 11 is 0.